The van der Waals surface area contributed by atoms with E-state index in [1.807, 2.05) is 0 Å². The second kappa shape index (κ2) is 4.09. The maximum atomic E-state index is 12.8. The van der Waals surface area contributed by atoms with Gasteiger partial charge in [-0.2, -0.15) is 13.2 Å². The van der Waals surface area contributed by atoms with Crippen molar-refractivity contribution in [3.63, 3.8) is 0 Å². The van der Waals surface area contributed by atoms with Gasteiger partial charge in [-0.3, -0.25) is 0 Å². The zero-order chi connectivity index (χ0) is 11.8. The highest BCUT2D eigenvalue weighted by molar-refractivity contribution is 5.39. The zero-order valence-electron chi connectivity index (χ0n) is 8.85. The van der Waals surface area contributed by atoms with E-state index >= 15 is 0 Å². The summed E-state index contributed by atoms with van der Waals surface area (Å²) in [5.41, 5.74) is 6.34. The van der Waals surface area contributed by atoms with E-state index in [1.165, 1.54) is 6.07 Å². The fraction of sp³-hybridized carbons (Fsp3) is 0.500. The molecule has 0 saturated heterocycles. The highest BCUT2D eigenvalue weighted by Crippen LogP contribution is 2.37. The lowest BCUT2D eigenvalue weighted by Crippen LogP contribution is -2.24. The Morgan fingerprint density at radius 3 is 2.69 bits per heavy atom. The fourth-order valence-electron chi connectivity index (χ4n) is 2.33. The third-order valence-corrected chi connectivity index (χ3v) is 3.23. The number of hydrogen-bond acceptors (Lipinski definition) is 1. The van der Waals surface area contributed by atoms with Crippen molar-refractivity contribution < 1.29 is 13.2 Å². The molecule has 2 rings (SSSR count). The topological polar surface area (TPSA) is 26.0 Å². The lowest BCUT2D eigenvalue weighted by molar-refractivity contribution is -0.138. The van der Waals surface area contributed by atoms with E-state index in [1.54, 1.807) is 6.07 Å². The van der Waals surface area contributed by atoms with Gasteiger partial charge >= 0.3 is 6.18 Å². The molecule has 1 atom stereocenters. The molecule has 88 valence electrons. The monoisotopic (exact) mass is 229 g/mol. The normalized spacial score (nSPS) is 20.6. The van der Waals surface area contributed by atoms with Crippen LogP contribution in [0.2, 0.25) is 0 Å². The van der Waals surface area contributed by atoms with Gasteiger partial charge in [-0.1, -0.05) is 12.1 Å². The SMILES string of the molecule is NCC1CCc2cccc(C(F)(F)F)c2C1. The molecule has 0 bridgehead atoms. The summed E-state index contributed by atoms with van der Waals surface area (Å²) in [5.74, 6) is 0.191. The summed E-state index contributed by atoms with van der Waals surface area (Å²) < 4.78 is 38.3. The third-order valence-electron chi connectivity index (χ3n) is 3.23. The number of fused-ring (bicyclic) bond motifs is 1. The number of rotatable bonds is 1. The van der Waals surface area contributed by atoms with Crippen LogP contribution < -0.4 is 5.73 Å². The van der Waals surface area contributed by atoms with Gasteiger partial charge in [0, 0.05) is 0 Å². The molecule has 0 amide bonds. The average Bonchev–Trinajstić information content (AvgIpc) is 2.26. The van der Waals surface area contributed by atoms with Crippen LogP contribution in [0.4, 0.5) is 13.2 Å². The number of alkyl halides is 3. The molecule has 1 aromatic carbocycles. The molecule has 1 aromatic rings. The molecule has 4 heteroatoms. The maximum absolute atomic E-state index is 12.8. The quantitative estimate of drug-likeness (QED) is 0.787. The van der Waals surface area contributed by atoms with Gasteiger partial charge in [0.15, 0.2) is 0 Å². The predicted octanol–water partition coefficient (Wildman–Crippen LogP) is 2.77. The first-order chi connectivity index (χ1) is 7.52. The number of hydrogen-bond donors (Lipinski definition) is 1. The first kappa shape index (κ1) is 11.5. The van der Waals surface area contributed by atoms with Crippen LogP contribution in [0.3, 0.4) is 0 Å². The molecular weight excluding hydrogens is 215 g/mol. The van der Waals surface area contributed by atoms with E-state index in [-0.39, 0.29) is 5.92 Å². The Labute approximate surface area is 92.5 Å². The Morgan fingerprint density at radius 2 is 2.06 bits per heavy atom. The minimum absolute atomic E-state index is 0.191. The summed E-state index contributed by atoms with van der Waals surface area (Å²) >= 11 is 0. The van der Waals surface area contributed by atoms with E-state index in [9.17, 15) is 13.2 Å². The predicted molar refractivity (Wildman–Crippen MR) is 56.0 cm³/mol. The molecule has 2 N–H and O–H groups in total. The van der Waals surface area contributed by atoms with Crippen LogP contribution in [-0.2, 0) is 19.0 Å². The van der Waals surface area contributed by atoms with E-state index in [0.717, 1.165) is 18.1 Å². The molecule has 1 nitrogen and oxygen atoms in total. The second-order valence-corrected chi connectivity index (χ2v) is 4.29. The molecule has 0 aliphatic heterocycles. The third kappa shape index (κ3) is 2.07. The standard InChI is InChI=1S/C12H14F3N/c13-12(14,15)11-3-1-2-9-5-4-8(7-16)6-10(9)11/h1-3,8H,4-7,16H2. The number of nitrogens with two attached hydrogens (primary N) is 1. The van der Waals surface area contributed by atoms with Crippen molar-refractivity contribution in [2.75, 3.05) is 6.54 Å². The van der Waals surface area contributed by atoms with Crippen LogP contribution >= 0.6 is 0 Å². The fourth-order valence-corrected chi connectivity index (χ4v) is 2.33. The van der Waals surface area contributed by atoms with Crippen LogP contribution in [0.5, 0.6) is 0 Å². The van der Waals surface area contributed by atoms with Crippen molar-refractivity contribution in [2.45, 2.75) is 25.4 Å². The molecule has 0 aromatic heterocycles. The van der Waals surface area contributed by atoms with Crippen LogP contribution in [0.25, 0.3) is 0 Å². The Morgan fingerprint density at radius 1 is 1.31 bits per heavy atom. The number of benzene rings is 1. The summed E-state index contributed by atoms with van der Waals surface area (Å²) in [6.07, 6.45) is -2.19. The van der Waals surface area contributed by atoms with Gasteiger partial charge in [-0.05, 0) is 48.9 Å². The van der Waals surface area contributed by atoms with Crippen molar-refractivity contribution >= 4 is 0 Å². The van der Waals surface area contributed by atoms with Gasteiger partial charge in [-0.15, -0.1) is 0 Å². The summed E-state index contributed by atoms with van der Waals surface area (Å²) in [7, 11) is 0. The number of aryl methyl sites for hydroxylation is 1. The smallest absolute Gasteiger partial charge is 0.330 e. The van der Waals surface area contributed by atoms with E-state index in [2.05, 4.69) is 0 Å². The van der Waals surface area contributed by atoms with Crippen LogP contribution in [0, 0.1) is 5.92 Å². The highest BCUT2D eigenvalue weighted by Gasteiger charge is 2.35. The maximum Gasteiger partial charge on any atom is 0.416 e. The summed E-state index contributed by atoms with van der Waals surface area (Å²) in [4.78, 5) is 0. The number of halogens is 3. The van der Waals surface area contributed by atoms with E-state index in [0.29, 0.717) is 24.9 Å². The first-order valence-corrected chi connectivity index (χ1v) is 5.40. The van der Waals surface area contributed by atoms with Crippen molar-refractivity contribution in [1.29, 1.82) is 0 Å². The van der Waals surface area contributed by atoms with Gasteiger partial charge in [0.2, 0.25) is 0 Å². The molecule has 0 saturated carbocycles. The molecule has 0 radical (unpaired) electrons. The summed E-state index contributed by atoms with van der Waals surface area (Å²) in [5, 5.41) is 0. The summed E-state index contributed by atoms with van der Waals surface area (Å²) in [6, 6.07) is 4.44. The van der Waals surface area contributed by atoms with Crippen LogP contribution in [-0.4, -0.2) is 6.54 Å². The van der Waals surface area contributed by atoms with E-state index in [4.69, 9.17) is 5.73 Å². The lowest BCUT2D eigenvalue weighted by atomic mass is 9.81. The van der Waals surface area contributed by atoms with Gasteiger partial charge in [0.1, 0.15) is 0 Å². The Kier molecular flexibility index (Phi) is 2.93. The Hall–Kier alpha value is -1.03. The van der Waals surface area contributed by atoms with Gasteiger partial charge in [0.25, 0.3) is 0 Å². The average molecular weight is 229 g/mol. The zero-order valence-corrected chi connectivity index (χ0v) is 8.85. The van der Waals surface area contributed by atoms with Gasteiger partial charge < -0.3 is 5.73 Å². The lowest BCUT2D eigenvalue weighted by Gasteiger charge is -2.26. The molecule has 16 heavy (non-hydrogen) atoms. The van der Waals surface area contributed by atoms with Crippen molar-refractivity contribution in [2.24, 2.45) is 11.7 Å². The molecule has 1 unspecified atom stereocenters. The largest absolute Gasteiger partial charge is 0.416 e. The second-order valence-electron chi connectivity index (χ2n) is 4.29. The van der Waals surface area contributed by atoms with Gasteiger partial charge in [0.05, 0.1) is 5.56 Å². The van der Waals surface area contributed by atoms with Gasteiger partial charge in [-0.25, -0.2) is 0 Å². The Bertz CT molecular complexity index is 384. The van der Waals surface area contributed by atoms with Crippen LogP contribution in [0.1, 0.15) is 23.1 Å². The minimum Gasteiger partial charge on any atom is -0.330 e. The van der Waals surface area contributed by atoms with Crippen molar-refractivity contribution in [3.8, 4) is 0 Å². The first-order valence-electron chi connectivity index (χ1n) is 5.40. The summed E-state index contributed by atoms with van der Waals surface area (Å²) in [6.45, 7) is 0.464. The molecule has 1 aliphatic rings. The molecule has 1 aliphatic carbocycles. The van der Waals surface area contributed by atoms with E-state index < -0.39 is 11.7 Å². The van der Waals surface area contributed by atoms with Crippen molar-refractivity contribution in [3.05, 3.63) is 34.9 Å². The minimum atomic E-state index is -4.25. The van der Waals surface area contributed by atoms with Crippen molar-refractivity contribution in [1.82, 2.24) is 0 Å². The highest BCUT2D eigenvalue weighted by atomic mass is 19.4. The Balaban J connectivity index is 2.42. The molecule has 0 heterocycles. The molecule has 0 spiro atoms. The molecular formula is C12H14F3N. The molecule has 0 fully saturated rings. The van der Waals surface area contributed by atoms with Crippen LogP contribution in [0.15, 0.2) is 18.2 Å².